The van der Waals surface area contributed by atoms with Gasteiger partial charge in [0, 0.05) is 36.4 Å². The van der Waals surface area contributed by atoms with Gasteiger partial charge >= 0.3 is 0 Å². The first-order chi connectivity index (χ1) is 13.3. The molecular weight excluding hydrogens is 330 g/mol. The first-order valence-corrected chi connectivity index (χ1v) is 9.48. The Morgan fingerprint density at radius 3 is 2.78 bits per heavy atom. The monoisotopic (exact) mass is 355 g/mol. The molecule has 3 heteroatoms. The molecule has 1 N–H and O–H groups in total. The number of aromatic nitrogens is 1. The van der Waals surface area contributed by atoms with Gasteiger partial charge in [-0.15, -0.1) is 0 Å². The van der Waals surface area contributed by atoms with Crippen LogP contribution in [0.25, 0.3) is 10.9 Å². The molecule has 0 spiro atoms. The lowest BCUT2D eigenvalue weighted by molar-refractivity contribution is 0.273. The van der Waals surface area contributed by atoms with E-state index in [1.807, 2.05) is 12.3 Å². The molecule has 136 valence electrons. The van der Waals surface area contributed by atoms with Gasteiger partial charge in [-0.1, -0.05) is 60.7 Å². The molecule has 0 saturated carbocycles. The number of nitrogens with one attached hydrogen (secondary N) is 1. The largest absolute Gasteiger partial charge is 0.381 e. The molecule has 0 amide bonds. The van der Waals surface area contributed by atoms with Gasteiger partial charge in [-0.05, 0) is 42.8 Å². The molecule has 1 heterocycles. The van der Waals surface area contributed by atoms with E-state index >= 15 is 0 Å². The highest BCUT2D eigenvalue weighted by molar-refractivity contribution is 5.81. The molecule has 27 heavy (non-hydrogen) atoms. The lowest BCUT2D eigenvalue weighted by atomic mass is 10.0. The number of pyridine rings is 1. The number of hydrogen-bond acceptors (Lipinski definition) is 3. The maximum absolute atomic E-state index is 4.43. The standard InChI is InChI=1S/C24H25N3/c1-27(18-20-6-3-2-4-7-20)23-13-9-19(10-14-23)17-26-22-12-11-21-8-5-15-25-24(21)16-22/h2-13,15-16,23,26H,14,17-18H2,1H3. The summed E-state index contributed by atoms with van der Waals surface area (Å²) < 4.78 is 0. The number of nitrogens with zero attached hydrogens (tertiary/aromatic N) is 2. The number of fused-ring (bicyclic) bond motifs is 1. The molecule has 3 nitrogen and oxygen atoms in total. The van der Waals surface area contributed by atoms with E-state index in [-0.39, 0.29) is 0 Å². The lowest BCUT2D eigenvalue weighted by Gasteiger charge is -2.27. The molecule has 1 unspecified atom stereocenters. The second-order valence-corrected chi connectivity index (χ2v) is 7.11. The van der Waals surface area contributed by atoms with Crippen LogP contribution >= 0.6 is 0 Å². The maximum atomic E-state index is 4.43. The Kier molecular flexibility index (Phi) is 5.31. The molecule has 3 aromatic rings. The Hall–Kier alpha value is -2.91. The number of anilines is 1. The van der Waals surface area contributed by atoms with Gasteiger partial charge in [-0.25, -0.2) is 0 Å². The smallest absolute Gasteiger partial charge is 0.0722 e. The van der Waals surface area contributed by atoms with Gasteiger partial charge in [0.15, 0.2) is 0 Å². The molecule has 1 aliphatic carbocycles. The van der Waals surface area contributed by atoms with Crippen LogP contribution in [0.2, 0.25) is 0 Å². The summed E-state index contributed by atoms with van der Waals surface area (Å²) in [4.78, 5) is 6.83. The Bertz CT molecular complexity index is 960. The van der Waals surface area contributed by atoms with Crippen molar-refractivity contribution in [3.05, 3.63) is 96.2 Å². The molecule has 1 aromatic heterocycles. The minimum Gasteiger partial charge on any atom is -0.381 e. The van der Waals surface area contributed by atoms with E-state index in [1.165, 1.54) is 16.5 Å². The van der Waals surface area contributed by atoms with Gasteiger partial charge in [0.05, 0.1) is 5.52 Å². The molecule has 0 aliphatic heterocycles. The third-order valence-corrected chi connectivity index (χ3v) is 5.10. The molecule has 1 atom stereocenters. The zero-order chi connectivity index (χ0) is 18.5. The highest BCUT2D eigenvalue weighted by Gasteiger charge is 2.14. The summed E-state index contributed by atoms with van der Waals surface area (Å²) in [5.41, 5.74) is 4.83. The zero-order valence-electron chi connectivity index (χ0n) is 15.7. The van der Waals surface area contributed by atoms with E-state index in [2.05, 4.69) is 95.1 Å². The summed E-state index contributed by atoms with van der Waals surface area (Å²) in [5.74, 6) is 0. The summed E-state index contributed by atoms with van der Waals surface area (Å²) in [6, 6.07) is 21.5. The molecule has 0 fully saturated rings. The molecule has 2 aromatic carbocycles. The zero-order valence-corrected chi connectivity index (χ0v) is 15.7. The minimum absolute atomic E-state index is 0.457. The fraction of sp³-hybridized carbons (Fsp3) is 0.208. The van der Waals surface area contributed by atoms with Crippen LogP contribution in [0.15, 0.2) is 90.7 Å². The van der Waals surface area contributed by atoms with Crippen LogP contribution in [0, 0.1) is 0 Å². The van der Waals surface area contributed by atoms with Crippen LogP contribution in [-0.2, 0) is 6.54 Å². The van der Waals surface area contributed by atoms with Crippen molar-refractivity contribution in [2.75, 3.05) is 18.9 Å². The molecule has 0 radical (unpaired) electrons. The second kappa shape index (κ2) is 8.19. The summed E-state index contributed by atoms with van der Waals surface area (Å²) in [6.45, 7) is 1.81. The molecule has 4 rings (SSSR count). The second-order valence-electron chi connectivity index (χ2n) is 7.11. The summed E-state index contributed by atoms with van der Waals surface area (Å²) in [5, 5.41) is 4.69. The molecule has 0 bridgehead atoms. The van der Waals surface area contributed by atoms with Gasteiger partial charge in [-0.3, -0.25) is 9.88 Å². The highest BCUT2D eigenvalue weighted by Crippen LogP contribution is 2.20. The first kappa shape index (κ1) is 17.5. The molecule has 1 aliphatic rings. The van der Waals surface area contributed by atoms with E-state index in [0.29, 0.717) is 6.04 Å². The van der Waals surface area contributed by atoms with E-state index < -0.39 is 0 Å². The number of benzene rings is 2. The van der Waals surface area contributed by atoms with Gasteiger partial charge in [0.25, 0.3) is 0 Å². The number of hydrogen-bond donors (Lipinski definition) is 1. The number of likely N-dealkylation sites (N-methyl/N-ethyl adjacent to an activating group) is 1. The van der Waals surface area contributed by atoms with Gasteiger partial charge in [0.1, 0.15) is 0 Å². The minimum atomic E-state index is 0.457. The predicted octanol–water partition coefficient (Wildman–Crippen LogP) is 5.03. The fourth-order valence-electron chi connectivity index (χ4n) is 3.48. The van der Waals surface area contributed by atoms with Gasteiger partial charge in [0.2, 0.25) is 0 Å². The van der Waals surface area contributed by atoms with Crippen LogP contribution in [0.1, 0.15) is 12.0 Å². The van der Waals surface area contributed by atoms with E-state index in [9.17, 15) is 0 Å². The van der Waals surface area contributed by atoms with Crippen molar-refractivity contribution in [1.29, 1.82) is 0 Å². The number of rotatable bonds is 6. The van der Waals surface area contributed by atoms with Crippen molar-refractivity contribution in [3.63, 3.8) is 0 Å². The third-order valence-electron chi connectivity index (χ3n) is 5.10. The van der Waals surface area contributed by atoms with Gasteiger partial charge in [-0.2, -0.15) is 0 Å². The average Bonchev–Trinajstić information content (AvgIpc) is 2.73. The SMILES string of the molecule is CN(Cc1ccccc1)C1C=CC(CNc2ccc3cccnc3c2)=CC1. The third kappa shape index (κ3) is 4.44. The Balaban J connectivity index is 1.31. The molecular formula is C24H25N3. The Labute approximate surface area is 161 Å². The van der Waals surface area contributed by atoms with Crippen molar-refractivity contribution >= 4 is 16.6 Å². The van der Waals surface area contributed by atoms with E-state index in [4.69, 9.17) is 0 Å². The quantitative estimate of drug-likeness (QED) is 0.672. The van der Waals surface area contributed by atoms with E-state index in [0.717, 1.165) is 30.7 Å². The van der Waals surface area contributed by atoms with Crippen molar-refractivity contribution in [1.82, 2.24) is 9.88 Å². The van der Waals surface area contributed by atoms with Crippen LogP contribution in [-0.4, -0.2) is 29.5 Å². The van der Waals surface area contributed by atoms with E-state index in [1.54, 1.807) is 0 Å². The van der Waals surface area contributed by atoms with Crippen LogP contribution < -0.4 is 5.32 Å². The fourth-order valence-corrected chi connectivity index (χ4v) is 3.48. The summed E-state index contributed by atoms with van der Waals surface area (Å²) >= 11 is 0. The van der Waals surface area contributed by atoms with Crippen molar-refractivity contribution in [2.24, 2.45) is 0 Å². The summed E-state index contributed by atoms with van der Waals surface area (Å²) in [7, 11) is 2.20. The Morgan fingerprint density at radius 1 is 1.07 bits per heavy atom. The highest BCUT2D eigenvalue weighted by atomic mass is 15.1. The van der Waals surface area contributed by atoms with Crippen LogP contribution in [0.4, 0.5) is 5.69 Å². The summed E-state index contributed by atoms with van der Waals surface area (Å²) in [6.07, 6.45) is 9.81. The average molecular weight is 355 g/mol. The first-order valence-electron chi connectivity index (χ1n) is 9.48. The van der Waals surface area contributed by atoms with Crippen LogP contribution in [0.3, 0.4) is 0 Å². The maximum Gasteiger partial charge on any atom is 0.0722 e. The Morgan fingerprint density at radius 2 is 1.96 bits per heavy atom. The van der Waals surface area contributed by atoms with Crippen molar-refractivity contribution in [2.45, 2.75) is 19.0 Å². The van der Waals surface area contributed by atoms with Crippen LogP contribution in [0.5, 0.6) is 0 Å². The normalized spacial score (nSPS) is 16.5. The molecule has 0 saturated heterocycles. The lowest BCUT2D eigenvalue weighted by Crippen LogP contribution is -2.30. The van der Waals surface area contributed by atoms with Crippen molar-refractivity contribution in [3.8, 4) is 0 Å². The predicted molar refractivity (Wildman–Crippen MR) is 114 cm³/mol. The van der Waals surface area contributed by atoms with Crippen molar-refractivity contribution < 1.29 is 0 Å². The van der Waals surface area contributed by atoms with Gasteiger partial charge < -0.3 is 5.32 Å². The topological polar surface area (TPSA) is 28.2 Å².